The Morgan fingerprint density at radius 1 is 1.00 bits per heavy atom. The lowest BCUT2D eigenvalue weighted by molar-refractivity contribution is -0.0150. The van der Waals surface area contributed by atoms with Crippen LogP contribution in [0.5, 0.6) is 0 Å². The summed E-state index contributed by atoms with van der Waals surface area (Å²) >= 11 is 0. The predicted molar refractivity (Wildman–Crippen MR) is 117 cm³/mol. The van der Waals surface area contributed by atoms with Gasteiger partial charge in [-0.25, -0.2) is 0 Å². The maximum atomic E-state index is 13.2. The quantitative estimate of drug-likeness (QED) is 0.325. The third-order valence-electron chi connectivity index (χ3n) is 4.86. The second kappa shape index (κ2) is 10.0. The summed E-state index contributed by atoms with van der Waals surface area (Å²) in [7, 11) is -3.87. The molecule has 1 rings (SSSR count). The molecule has 0 bridgehead atoms. The maximum Gasteiger partial charge on any atom is 0.297 e. The molecular formula is C23H38O4S. The highest BCUT2D eigenvalue weighted by Gasteiger charge is 2.28. The van der Waals surface area contributed by atoms with Gasteiger partial charge >= 0.3 is 0 Å². The van der Waals surface area contributed by atoms with E-state index >= 15 is 0 Å². The van der Waals surface area contributed by atoms with E-state index in [1.165, 1.54) is 0 Å². The van der Waals surface area contributed by atoms with E-state index < -0.39 is 15.7 Å². The van der Waals surface area contributed by atoms with E-state index in [4.69, 9.17) is 8.92 Å². The molecule has 0 radical (unpaired) electrons. The molecule has 4 nitrogen and oxygen atoms in total. The maximum absolute atomic E-state index is 13.2. The SMILES string of the molecule is C=CCOC(C)(C)CCOS(=O)(=O)c1c(C(C)C)cc(C(C)C)cc1C(C)C. The molecule has 28 heavy (non-hydrogen) atoms. The molecule has 0 aliphatic heterocycles. The van der Waals surface area contributed by atoms with Crippen molar-refractivity contribution in [1.82, 2.24) is 0 Å². The van der Waals surface area contributed by atoms with Crippen LogP contribution in [-0.2, 0) is 19.0 Å². The van der Waals surface area contributed by atoms with Crippen LogP contribution in [0, 0.1) is 0 Å². The first-order valence-corrected chi connectivity index (χ1v) is 11.5. The normalized spacial score (nSPS) is 13.0. The van der Waals surface area contributed by atoms with E-state index in [9.17, 15) is 8.42 Å². The number of hydrogen-bond donors (Lipinski definition) is 0. The van der Waals surface area contributed by atoms with Crippen molar-refractivity contribution in [2.75, 3.05) is 13.2 Å². The molecule has 0 N–H and O–H groups in total. The van der Waals surface area contributed by atoms with Crippen LogP contribution in [0.3, 0.4) is 0 Å². The summed E-state index contributed by atoms with van der Waals surface area (Å²) in [5.74, 6) is 0.490. The predicted octanol–water partition coefficient (Wildman–Crippen LogP) is 6.13. The van der Waals surface area contributed by atoms with Crippen LogP contribution >= 0.6 is 0 Å². The molecular weight excluding hydrogens is 372 g/mol. The minimum atomic E-state index is -3.87. The summed E-state index contributed by atoms with van der Waals surface area (Å²) in [5.41, 5.74) is 2.34. The Morgan fingerprint density at radius 3 is 1.89 bits per heavy atom. The minimum absolute atomic E-state index is 0.0769. The molecule has 5 heteroatoms. The standard InChI is InChI=1S/C23H38O4S/c1-10-12-26-23(8,9)11-13-27-28(24,25)22-20(17(4)5)14-19(16(2)3)15-21(22)18(6)7/h10,14-18H,1,11-13H2,2-9H3. The second-order valence-electron chi connectivity index (χ2n) is 8.88. The first-order valence-electron chi connectivity index (χ1n) is 10.1. The fourth-order valence-electron chi connectivity index (χ4n) is 2.99. The van der Waals surface area contributed by atoms with Crippen molar-refractivity contribution >= 4 is 10.1 Å². The van der Waals surface area contributed by atoms with Gasteiger partial charge in [-0.05, 0) is 48.3 Å². The zero-order valence-electron chi connectivity index (χ0n) is 18.8. The van der Waals surface area contributed by atoms with Gasteiger partial charge in [-0.15, -0.1) is 6.58 Å². The van der Waals surface area contributed by atoms with Crippen molar-refractivity contribution in [3.63, 3.8) is 0 Å². The lowest BCUT2D eigenvalue weighted by atomic mass is 9.89. The van der Waals surface area contributed by atoms with Gasteiger partial charge in [0.15, 0.2) is 0 Å². The van der Waals surface area contributed by atoms with Gasteiger partial charge in [-0.3, -0.25) is 4.18 Å². The zero-order valence-corrected chi connectivity index (χ0v) is 19.7. The molecule has 0 aromatic heterocycles. The van der Waals surface area contributed by atoms with Crippen LogP contribution < -0.4 is 0 Å². The number of ether oxygens (including phenoxy) is 1. The van der Waals surface area contributed by atoms with Crippen LogP contribution in [-0.4, -0.2) is 27.2 Å². The highest BCUT2D eigenvalue weighted by atomic mass is 32.2. The molecule has 0 spiro atoms. The number of hydrogen-bond acceptors (Lipinski definition) is 4. The van der Waals surface area contributed by atoms with E-state index in [1.54, 1.807) is 6.08 Å². The molecule has 0 aliphatic carbocycles. The van der Waals surface area contributed by atoms with E-state index in [-0.39, 0.29) is 18.4 Å². The van der Waals surface area contributed by atoms with Crippen molar-refractivity contribution in [3.05, 3.63) is 41.5 Å². The second-order valence-corrected chi connectivity index (χ2v) is 10.4. The Hall–Kier alpha value is -1.17. The Morgan fingerprint density at radius 2 is 1.50 bits per heavy atom. The minimum Gasteiger partial charge on any atom is -0.371 e. The van der Waals surface area contributed by atoms with Gasteiger partial charge in [-0.1, -0.05) is 59.8 Å². The molecule has 0 atom stereocenters. The van der Waals surface area contributed by atoms with Gasteiger partial charge in [0.05, 0.1) is 18.8 Å². The van der Waals surface area contributed by atoms with Crippen molar-refractivity contribution < 1.29 is 17.3 Å². The van der Waals surface area contributed by atoms with Gasteiger partial charge in [0.1, 0.15) is 4.90 Å². The zero-order chi connectivity index (χ0) is 21.7. The fourth-order valence-corrected chi connectivity index (χ4v) is 4.58. The van der Waals surface area contributed by atoms with Crippen LogP contribution in [0.25, 0.3) is 0 Å². The van der Waals surface area contributed by atoms with E-state index in [0.29, 0.717) is 23.8 Å². The largest absolute Gasteiger partial charge is 0.371 e. The van der Waals surface area contributed by atoms with Crippen LogP contribution in [0.4, 0.5) is 0 Å². The van der Waals surface area contributed by atoms with Crippen molar-refractivity contribution in [3.8, 4) is 0 Å². The van der Waals surface area contributed by atoms with Gasteiger partial charge in [0.25, 0.3) is 10.1 Å². The summed E-state index contributed by atoms with van der Waals surface area (Å²) in [4.78, 5) is 0.340. The number of benzene rings is 1. The molecule has 0 heterocycles. The Balaban J connectivity index is 3.26. The van der Waals surface area contributed by atoms with E-state index in [2.05, 4.69) is 20.4 Å². The lowest BCUT2D eigenvalue weighted by Crippen LogP contribution is -2.27. The van der Waals surface area contributed by atoms with Gasteiger partial charge in [-0.2, -0.15) is 8.42 Å². The third-order valence-corrected chi connectivity index (χ3v) is 6.31. The highest BCUT2D eigenvalue weighted by molar-refractivity contribution is 7.86. The summed E-state index contributed by atoms with van der Waals surface area (Å²) in [6, 6.07) is 4.04. The van der Waals surface area contributed by atoms with Crippen LogP contribution in [0.2, 0.25) is 0 Å². The molecule has 0 saturated carbocycles. The molecule has 0 amide bonds. The first kappa shape index (κ1) is 24.9. The van der Waals surface area contributed by atoms with Gasteiger partial charge < -0.3 is 4.74 Å². The molecule has 0 fully saturated rings. The van der Waals surface area contributed by atoms with E-state index in [1.807, 2.05) is 53.7 Å². The van der Waals surface area contributed by atoms with Crippen molar-refractivity contribution in [2.45, 2.75) is 90.1 Å². The summed E-state index contributed by atoms with van der Waals surface area (Å²) in [6.45, 7) is 20.3. The molecule has 0 unspecified atom stereocenters. The van der Waals surface area contributed by atoms with Gasteiger partial charge in [0, 0.05) is 6.42 Å². The van der Waals surface area contributed by atoms with Crippen LogP contribution in [0.1, 0.15) is 96.3 Å². The van der Waals surface area contributed by atoms with E-state index in [0.717, 1.165) is 16.7 Å². The number of rotatable bonds is 11. The average molecular weight is 411 g/mol. The lowest BCUT2D eigenvalue weighted by Gasteiger charge is -2.25. The fraction of sp³-hybridized carbons (Fsp3) is 0.652. The summed E-state index contributed by atoms with van der Waals surface area (Å²) in [5, 5.41) is 0. The average Bonchev–Trinajstić information content (AvgIpc) is 2.58. The Labute approximate surface area is 172 Å². The summed E-state index contributed by atoms with van der Waals surface area (Å²) in [6.07, 6.45) is 2.15. The van der Waals surface area contributed by atoms with Crippen molar-refractivity contribution in [2.24, 2.45) is 0 Å². The topological polar surface area (TPSA) is 52.6 Å². The Bertz CT molecular complexity index is 730. The monoisotopic (exact) mass is 410 g/mol. The Kier molecular flexibility index (Phi) is 8.92. The van der Waals surface area contributed by atoms with Crippen molar-refractivity contribution in [1.29, 1.82) is 0 Å². The third kappa shape index (κ3) is 6.71. The van der Waals surface area contributed by atoms with Crippen LogP contribution in [0.15, 0.2) is 29.7 Å². The highest BCUT2D eigenvalue weighted by Crippen LogP contribution is 2.36. The molecule has 0 saturated heterocycles. The molecule has 160 valence electrons. The summed E-state index contributed by atoms with van der Waals surface area (Å²) < 4.78 is 37.5. The first-order chi connectivity index (χ1) is 12.8. The smallest absolute Gasteiger partial charge is 0.297 e. The molecule has 0 aliphatic rings. The molecule has 1 aromatic rings. The molecule has 1 aromatic carbocycles. The van der Waals surface area contributed by atoms with Gasteiger partial charge in [0.2, 0.25) is 0 Å².